The van der Waals surface area contributed by atoms with Gasteiger partial charge < -0.3 is 16.2 Å². The van der Waals surface area contributed by atoms with Crippen LogP contribution in [0, 0.1) is 6.92 Å². The number of nitrogens with two attached hydrogens (primary N) is 2. The Morgan fingerprint density at radius 1 is 1.05 bits per heavy atom. The molecule has 0 saturated heterocycles. The van der Waals surface area contributed by atoms with Crippen molar-refractivity contribution in [2.24, 2.45) is 11.5 Å². The van der Waals surface area contributed by atoms with E-state index in [1.807, 2.05) is 24.3 Å². The highest BCUT2D eigenvalue weighted by atomic mass is 79.9. The first-order valence-corrected chi connectivity index (χ1v) is 7.89. The van der Waals surface area contributed by atoms with Gasteiger partial charge in [-0.1, -0.05) is 39.7 Å². The molecule has 1 aliphatic carbocycles. The highest BCUT2D eigenvalue weighted by Crippen LogP contribution is 2.48. The third-order valence-electron chi connectivity index (χ3n) is 4.23. The molecule has 3 nitrogen and oxygen atoms in total. The number of ether oxygens (including phenoxy) is 1. The maximum absolute atomic E-state index is 6.26. The van der Waals surface area contributed by atoms with Crippen LogP contribution in [-0.4, -0.2) is 0 Å². The van der Waals surface area contributed by atoms with Crippen molar-refractivity contribution in [1.29, 1.82) is 0 Å². The highest BCUT2D eigenvalue weighted by Gasteiger charge is 2.35. The van der Waals surface area contributed by atoms with Gasteiger partial charge in [-0.2, -0.15) is 0 Å². The van der Waals surface area contributed by atoms with Crippen LogP contribution in [0.25, 0.3) is 6.08 Å². The number of allylic oxidation sites excluding steroid dienone is 1. The molecule has 1 atom stereocenters. The van der Waals surface area contributed by atoms with Gasteiger partial charge in [-0.05, 0) is 42.3 Å². The van der Waals surface area contributed by atoms with Crippen molar-refractivity contribution in [3.05, 3.63) is 80.3 Å². The first kappa shape index (κ1) is 13.5. The number of aryl methyl sites for hydroxylation is 1. The number of hydrogen-bond donors (Lipinski definition) is 2. The van der Waals surface area contributed by atoms with E-state index in [-0.39, 0.29) is 5.92 Å². The molecule has 4 N–H and O–H groups in total. The van der Waals surface area contributed by atoms with Crippen LogP contribution in [0.3, 0.4) is 0 Å². The maximum Gasteiger partial charge on any atom is 0.197 e. The third kappa shape index (κ3) is 1.87. The molecule has 110 valence electrons. The molecule has 0 unspecified atom stereocenters. The molecule has 2 aromatic carbocycles. The van der Waals surface area contributed by atoms with Gasteiger partial charge in [-0.25, -0.2) is 0 Å². The van der Waals surface area contributed by atoms with Crippen molar-refractivity contribution >= 4 is 22.0 Å². The monoisotopic (exact) mass is 354 g/mol. The molecule has 0 amide bonds. The number of rotatable bonds is 0. The predicted octanol–water partition coefficient (Wildman–Crippen LogP) is 3.77. The molecule has 2 aliphatic rings. The molecule has 0 fully saturated rings. The molecule has 0 aromatic heterocycles. The number of halogens is 1. The zero-order valence-electron chi connectivity index (χ0n) is 12.1. The summed E-state index contributed by atoms with van der Waals surface area (Å²) in [5.41, 5.74) is 18.6. The van der Waals surface area contributed by atoms with Crippen LogP contribution >= 0.6 is 15.9 Å². The van der Waals surface area contributed by atoms with E-state index in [4.69, 9.17) is 16.2 Å². The smallest absolute Gasteiger partial charge is 0.197 e. The Morgan fingerprint density at radius 3 is 2.68 bits per heavy atom. The van der Waals surface area contributed by atoms with E-state index in [1.165, 1.54) is 11.1 Å². The largest absolute Gasteiger partial charge is 0.441 e. The van der Waals surface area contributed by atoms with E-state index in [0.717, 1.165) is 26.9 Å². The van der Waals surface area contributed by atoms with Crippen LogP contribution in [0.2, 0.25) is 0 Å². The summed E-state index contributed by atoms with van der Waals surface area (Å²) in [5.74, 6) is 1.21. The highest BCUT2D eigenvalue weighted by molar-refractivity contribution is 9.10. The van der Waals surface area contributed by atoms with Crippen molar-refractivity contribution < 1.29 is 4.74 Å². The Balaban J connectivity index is 2.05. The van der Waals surface area contributed by atoms with Crippen LogP contribution < -0.4 is 16.2 Å². The zero-order valence-corrected chi connectivity index (χ0v) is 13.6. The number of benzene rings is 2. The molecule has 4 heteroatoms. The molecular weight excluding hydrogens is 340 g/mol. The summed E-state index contributed by atoms with van der Waals surface area (Å²) in [6.45, 7) is 2.07. The normalized spacial score (nSPS) is 18.8. The van der Waals surface area contributed by atoms with Crippen LogP contribution in [0.1, 0.15) is 28.2 Å². The van der Waals surface area contributed by atoms with E-state index in [9.17, 15) is 0 Å². The SMILES string of the molecule is Cc1ccc2c(c1)[C@@H]1C(=C(N)O2)C(N)=Cc2ccc(Br)cc21. The fourth-order valence-electron chi connectivity index (χ4n) is 3.26. The predicted molar refractivity (Wildman–Crippen MR) is 91.2 cm³/mol. The van der Waals surface area contributed by atoms with Gasteiger partial charge in [0.1, 0.15) is 5.75 Å². The standard InChI is InChI=1S/C18H15BrN2O/c1-9-2-5-15-13(6-9)16-12-8-11(19)4-3-10(12)7-14(20)17(16)18(21)22-15/h2-8,16H,20-21H2,1H3/t16-/m1/s1. The summed E-state index contributed by atoms with van der Waals surface area (Å²) in [4.78, 5) is 0. The number of fused-ring (bicyclic) bond motifs is 5. The minimum Gasteiger partial charge on any atom is -0.441 e. The lowest BCUT2D eigenvalue weighted by atomic mass is 9.76. The van der Waals surface area contributed by atoms with Gasteiger partial charge in [0.2, 0.25) is 0 Å². The van der Waals surface area contributed by atoms with E-state index in [0.29, 0.717) is 11.6 Å². The van der Waals surface area contributed by atoms with Crippen LogP contribution in [-0.2, 0) is 0 Å². The summed E-state index contributed by atoms with van der Waals surface area (Å²) in [6, 6.07) is 12.4. The molecule has 0 radical (unpaired) electrons. The van der Waals surface area contributed by atoms with Crippen molar-refractivity contribution in [1.82, 2.24) is 0 Å². The van der Waals surface area contributed by atoms with Crippen molar-refractivity contribution in [3.8, 4) is 5.75 Å². The average molecular weight is 355 g/mol. The maximum atomic E-state index is 6.26. The fraction of sp³-hybridized carbons (Fsp3) is 0.111. The Morgan fingerprint density at radius 2 is 1.86 bits per heavy atom. The molecule has 1 aliphatic heterocycles. The molecule has 2 aromatic rings. The first-order chi connectivity index (χ1) is 10.5. The van der Waals surface area contributed by atoms with Gasteiger partial charge >= 0.3 is 0 Å². The first-order valence-electron chi connectivity index (χ1n) is 7.09. The van der Waals surface area contributed by atoms with E-state index < -0.39 is 0 Å². The summed E-state index contributed by atoms with van der Waals surface area (Å²) in [5, 5.41) is 0. The minimum atomic E-state index is 0.0150. The van der Waals surface area contributed by atoms with Crippen molar-refractivity contribution in [2.75, 3.05) is 0 Å². The third-order valence-corrected chi connectivity index (χ3v) is 4.73. The second kappa shape index (κ2) is 4.65. The Hall–Kier alpha value is -2.20. The number of hydrogen-bond acceptors (Lipinski definition) is 3. The summed E-state index contributed by atoms with van der Waals surface area (Å²) < 4.78 is 6.84. The lowest BCUT2D eigenvalue weighted by molar-refractivity contribution is 0.391. The minimum absolute atomic E-state index is 0.0150. The lowest BCUT2D eigenvalue weighted by Gasteiger charge is -2.33. The van der Waals surface area contributed by atoms with E-state index in [2.05, 4.69) is 41.1 Å². The van der Waals surface area contributed by atoms with E-state index >= 15 is 0 Å². The van der Waals surface area contributed by atoms with Gasteiger partial charge in [-0.15, -0.1) is 0 Å². The molecular formula is C18H15BrN2O. The molecule has 0 saturated carbocycles. The average Bonchev–Trinajstić information content (AvgIpc) is 2.48. The van der Waals surface area contributed by atoms with Gasteiger partial charge in [0.15, 0.2) is 5.88 Å². The summed E-state index contributed by atoms with van der Waals surface area (Å²) in [6.07, 6.45) is 1.96. The second-order valence-corrected chi connectivity index (χ2v) is 6.64. The van der Waals surface area contributed by atoms with Gasteiger partial charge in [0, 0.05) is 27.2 Å². The van der Waals surface area contributed by atoms with Crippen molar-refractivity contribution in [3.63, 3.8) is 0 Å². The van der Waals surface area contributed by atoms with Crippen LogP contribution in [0.5, 0.6) is 5.75 Å². The molecule has 22 heavy (non-hydrogen) atoms. The Labute approximate surface area is 137 Å². The molecule has 1 heterocycles. The zero-order chi connectivity index (χ0) is 15.4. The lowest BCUT2D eigenvalue weighted by Crippen LogP contribution is -2.27. The topological polar surface area (TPSA) is 61.3 Å². The second-order valence-electron chi connectivity index (χ2n) is 5.73. The van der Waals surface area contributed by atoms with Gasteiger partial charge in [0.05, 0.1) is 0 Å². The van der Waals surface area contributed by atoms with E-state index in [1.54, 1.807) is 0 Å². The summed E-state index contributed by atoms with van der Waals surface area (Å²) in [7, 11) is 0. The molecule has 4 rings (SSSR count). The van der Waals surface area contributed by atoms with Crippen LogP contribution in [0.15, 0.2) is 58.0 Å². The van der Waals surface area contributed by atoms with Crippen molar-refractivity contribution in [2.45, 2.75) is 12.8 Å². The Bertz CT molecular complexity index is 867. The quantitative estimate of drug-likeness (QED) is 0.756. The van der Waals surface area contributed by atoms with Crippen LogP contribution in [0.4, 0.5) is 0 Å². The summed E-state index contributed by atoms with van der Waals surface area (Å²) >= 11 is 3.56. The Kier molecular flexibility index (Phi) is 2.84. The van der Waals surface area contributed by atoms with Gasteiger partial charge in [0.25, 0.3) is 0 Å². The van der Waals surface area contributed by atoms with Gasteiger partial charge in [-0.3, -0.25) is 0 Å². The molecule has 0 spiro atoms. The fourth-order valence-corrected chi connectivity index (χ4v) is 3.64. The molecule has 0 bridgehead atoms.